The van der Waals surface area contributed by atoms with Crippen molar-refractivity contribution < 1.29 is 28.2 Å². The van der Waals surface area contributed by atoms with Crippen LogP contribution in [-0.2, 0) is 5.79 Å². The fourth-order valence-electron chi connectivity index (χ4n) is 4.45. The first kappa shape index (κ1) is 22.9. The number of carbonyl (C=O) groups excluding carboxylic acids is 1. The van der Waals surface area contributed by atoms with Crippen LogP contribution in [0, 0.1) is 11.6 Å². The van der Waals surface area contributed by atoms with Gasteiger partial charge in [-0.25, -0.2) is 8.78 Å². The Bertz CT molecular complexity index is 1270. The number of hydrogen-bond acceptors (Lipinski definition) is 4. The molecule has 0 spiro atoms. The largest absolute Gasteiger partial charge is 0.440 e. The van der Waals surface area contributed by atoms with Crippen molar-refractivity contribution in [2.24, 2.45) is 0 Å². The molecule has 0 saturated carbocycles. The predicted octanol–water partition coefficient (Wildman–Crippen LogP) is 5.54. The summed E-state index contributed by atoms with van der Waals surface area (Å²) in [6, 6.07) is 12.2. The third-order valence-corrected chi connectivity index (χ3v) is 6.68. The highest BCUT2D eigenvalue weighted by Gasteiger charge is 2.48. The average Bonchev–Trinajstić information content (AvgIpc) is 3.43. The van der Waals surface area contributed by atoms with Gasteiger partial charge in [0.15, 0.2) is 11.5 Å². The zero-order chi connectivity index (χ0) is 24.0. The molecule has 0 radical (unpaired) electrons. The summed E-state index contributed by atoms with van der Waals surface area (Å²) in [6.45, 7) is 0.235. The van der Waals surface area contributed by atoms with E-state index in [0.29, 0.717) is 29.1 Å². The minimum atomic E-state index is -1.66. The second-order valence-electron chi connectivity index (χ2n) is 8.21. The van der Waals surface area contributed by atoms with Gasteiger partial charge in [0.1, 0.15) is 11.6 Å². The molecule has 9 heteroatoms. The van der Waals surface area contributed by atoms with Crippen LogP contribution in [0.15, 0.2) is 54.6 Å². The molecule has 1 amide bonds. The Balaban J connectivity index is 1.59. The molecule has 0 bridgehead atoms. The molecular formula is C25H19Cl2F2NO4. The highest BCUT2D eigenvalue weighted by atomic mass is 35.5. The van der Waals surface area contributed by atoms with E-state index >= 15 is 4.39 Å². The molecule has 1 saturated heterocycles. The number of rotatable bonds is 4. The zero-order valence-corrected chi connectivity index (χ0v) is 19.2. The zero-order valence-electron chi connectivity index (χ0n) is 17.7. The van der Waals surface area contributed by atoms with Crippen molar-refractivity contribution in [1.82, 2.24) is 4.90 Å². The van der Waals surface area contributed by atoms with Gasteiger partial charge in [-0.15, -0.1) is 0 Å². The van der Waals surface area contributed by atoms with Gasteiger partial charge in [0.25, 0.3) is 5.91 Å². The summed E-state index contributed by atoms with van der Waals surface area (Å²) in [7, 11) is 0. The van der Waals surface area contributed by atoms with Crippen LogP contribution >= 0.6 is 23.2 Å². The first-order valence-electron chi connectivity index (χ1n) is 10.7. The van der Waals surface area contributed by atoms with Gasteiger partial charge in [0, 0.05) is 23.2 Å². The number of likely N-dealkylation sites (tertiary alicyclic amines) is 1. The maximum absolute atomic E-state index is 15.1. The van der Waals surface area contributed by atoms with E-state index in [1.165, 1.54) is 41.3 Å². The van der Waals surface area contributed by atoms with Gasteiger partial charge >= 0.3 is 5.79 Å². The Morgan fingerprint density at radius 2 is 1.76 bits per heavy atom. The van der Waals surface area contributed by atoms with Crippen molar-refractivity contribution in [2.45, 2.75) is 24.7 Å². The SMILES string of the molecule is O=C(c1cc2c(cc1F)OC(c1ccc(F)cc1)(c1ccc(Cl)cc1Cl)O2)N1CCC[C@@H]1CO. The summed E-state index contributed by atoms with van der Waals surface area (Å²) in [5, 5.41) is 10.2. The molecule has 2 aliphatic heterocycles. The number of benzene rings is 3. The lowest BCUT2D eigenvalue weighted by Gasteiger charge is -2.29. The van der Waals surface area contributed by atoms with Crippen LogP contribution < -0.4 is 9.47 Å². The van der Waals surface area contributed by atoms with Gasteiger partial charge in [-0.1, -0.05) is 23.2 Å². The van der Waals surface area contributed by atoms with Gasteiger partial charge in [-0.3, -0.25) is 4.79 Å². The van der Waals surface area contributed by atoms with E-state index in [-0.39, 0.29) is 34.7 Å². The minimum absolute atomic E-state index is 0.0597. The Labute approximate surface area is 204 Å². The lowest BCUT2D eigenvalue weighted by molar-refractivity contribution is -0.0459. The molecule has 1 N–H and O–H groups in total. The Morgan fingerprint density at radius 3 is 2.44 bits per heavy atom. The molecule has 2 heterocycles. The van der Waals surface area contributed by atoms with Crippen molar-refractivity contribution >= 4 is 29.1 Å². The summed E-state index contributed by atoms with van der Waals surface area (Å²) in [6.07, 6.45) is 1.38. The van der Waals surface area contributed by atoms with E-state index in [0.717, 1.165) is 12.5 Å². The third kappa shape index (κ3) is 3.78. The number of hydrogen-bond donors (Lipinski definition) is 1. The van der Waals surface area contributed by atoms with E-state index < -0.39 is 23.3 Å². The van der Waals surface area contributed by atoms with Gasteiger partial charge < -0.3 is 19.5 Å². The normalized spacial score (nSPS) is 21.2. The minimum Gasteiger partial charge on any atom is -0.440 e. The van der Waals surface area contributed by atoms with Crippen LogP contribution in [0.3, 0.4) is 0 Å². The molecular weight excluding hydrogens is 487 g/mol. The summed E-state index contributed by atoms with van der Waals surface area (Å²) in [5.41, 5.74) is 0.580. The Morgan fingerprint density at radius 1 is 1.06 bits per heavy atom. The third-order valence-electron chi connectivity index (χ3n) is 6.13. The van der Waals surface area contributed by atoms with Crippen molar-refractivity contribution in [3.63, 3.8) is 0 Å². The van der Waals surface area contributed by atoms with Crippen LogP contribution in [0.25, 0.3) is 0 Å². The van der Waals surface area contributed by atoms with E-state index in [9.17, 15) is 14.3 Å². The number of fused-ring (bicyclic) bond motifs is 1. The van der Waals surface area contributed by atoms with Crippen LogP contribution in [0.1, 0.15) is 34.3 Å². The lowest BCUT2D eigenvalue weighted by atomic mass is 9.97. The monoisotopic (exact) mass is 505 g/mol. The molecule has 176 valence electrons. The maximum atomic E-state index is 15.1. The standard InChI is InChI=1S/C25H19Cl2F2NO4/c26-15-5-8-19(20(27)10-15)25(14-3-6-16(28)7-4-14)33-22-11-18(21(29)12-23(22)34-25)24(32)30-9-1-2-17(30)13-31/h3-8,10-12,17,31H,1-2,9,13H2/t17-,25?/m1/s1. The van der Waals surface area contributed by atoms with Crippen LogP contribution in [0.4, 0.5) is 8.78 Å². The second-order valence-corrected chi connectivity index (χ2v) is 9.05. The summed E-state index contributed by atoms with van der Waals surface area (Å²) < 4.78 is 41.1. The molecule has 3 aromatic carbocycles. The van der Waals surface area contributed by atoms with Gasteiger partial charge in [0.05, 0.1) is 28.8 Å². The van der Waals surface area contributed by atoms with Gasteiger partial charge in [-0.2, -0.15) is 0 Å². The van der Waals surface area contributed by atoms with Crippen LogP contribution in [0.2, 0.25) is 10.0 Å². The molecule has 5 rings (SSSR count). The van der Waals surface area contributed by atoms with Crippen molar-refractivity contribution in [1.29, 1.82) is 0 Å². The molecule has 0 aliphatic carbocycles. The summed E-state index contributed by atoms with van der Waals surface area (Å²) in [4.78, 5) is 14.5. The fraction of sp³-hybridized carbons (Fsp3) is 0.240. The number of halogens is 4. The highest BCUT2D eigenvalue weighted by molar-refractivity contribution is 6.35. The van der Waals surface area contributed by atoms with Gasteiger partial charge in [0.2, 0.25) is 0 Å². The molecule has 1 unspecified atom stereocenters. The number of aliphatic hydroxyl groups excluding tert-OH is 1. The quantitative estimate of drug-likeness (QED) is 0.505. The first-order valence-corrected chi connectivity index (χ1v) is 11.4. The van der Waals surface area contributed by atoms with E-state index in [1.54, 1.807) is 12.1 Å². The molecule has 1 fully saturated rings. The topological polar surface area (TPSA) is 59.0 Å². The number of aliphatic hydroxyl groups is 1. The van der Waals surface area contributed by atoms with Crippen molar-refractivity contribution in [3.05, 3.63) is 93.0 Å². The Hall–Kier alpha value is -2.87. The average molecular weight is 506 g/mol. The van der Waals surface area contributed by atoms with Crippen molar-refractivity contribution in [2.75, 3.05) is 13.2 Å². The first-order chi connectivity index (χ1) is 16.3. The maximum Gasteiger partial charge on any atom is 0.307 e. The van der Waals surface area contributed by atoms with Gasteiger partial charge in [-0.05, 0) is 61.4 Å². The second kappa shape index (κ2) is 8.73. The summed E-state index contributed by atoms with van der Waals surface area (Å²) >= 11 is 12.5. The molecule has 0 aromatic heterocycles. The van der Waals surface area contributed by atoms with Crippen LogP contribution in [0.5, 0.6) is 11.5 Å². The van der Waals surface area contributed by atoms with E-state index in [1.807, 2.05) is 0 Å². The van der Waals surface area contributed by atoms with E-state index in [4.69, 9.17) is 32.7 Å². The molecule has 2 aliphatic rings. The highest BCUT2D eigenvalue weighted by Crippen LogP contribution is 2.50. The summed E-state index contributed by atoms with van der Waals surface area (Å²) in [5.74, 6) is -3.26. The molecule has 3 aromatic rings. The number of amides is 1. The van der Waals surface area contributed by atoms with E-state index in [2.05, 4.69) is 0 Å². The Kier molecular flexibility index (Phi) is 5.88. The number of carbonyl (C=O) groups is 1. The fourth-order valence-corrected chi connectivity index (χ4v) is 4.98. The predicted molar refractivity (Wildman–Crippen MR) is 122 cm³/mol. The van der Waals surface area contributed by atoms with Crippen molar-refractivity contribution in [3.8, 4) is 11.5 Å². The molecule has 2 atom stereocenters. The molecule has 34 heavy (non-hydrogen) atoms. The smallest absolute Gasteiger partial charge is 0.307 e. The lowest BCUT2D eigenvalue weighted by Crippen LogP contribution is -2.38. The molecule has 5 nitrogen and oxygen atoms in total. The van der Waals surface area contributed by atoms with Crippen LogP contribution in [-0.4, -0.2) is 35.1 Å². The number of nitrogens with zero attached hydrogens (tertiary/aromatic N) is 1. The number of ether oxygens (including phenoxy) is 2.